The van der Waals surface area contributed by atoms with Gasteiger partial charge in [0.25, 0.3) is 0 Å². The molecule has 0 radical (unpaired) electrons. The van der Waals surface area contributed by atoms with Crippen molar-refractivity contribution in [3.05, 3.63) is 67.4 Å². The maximum atomic E-state index is 11.7. The summed E-state index contributed by atoms with van der Waals surface area (Å²) in [7, 11) is -1.60. The van der Waals surface area contributed by atoms with Crippen LogP contribution in [0.3, 0.4) is 0 Å². The van der Waals surface area contributed by atoms with Crippen LogP contribution in [0.4, 0.5) is 0 Å². The van der Waals surface area contributed by atoms with Crippen molar-refractivity contribution in [2.24, 2.45) is 0 Å². The predicted octanol–water partition coefficient (Wildman–Crippen LogP) is 3.82. The average molecular weight is 368 g/mol. The summed E-state index contributed by atoms with van der Waals surface area (Å²) in [6.45, 7) is 4.35. The first-order valence-corrected chi connectivity index (χ1v) is 9.95. The number of hydrogen-bond acceptors (Lipinski definition) is 4. The quantitative estimate of drug-likeness (QED) is 0.621. The van der Waals surface area contributed by atoms with E-state index in [9.17, 15) is 8.42 Å². The summed E-state index contributed by atoms with van der Waals surface area (Å²) >= 11 is 0. The molecule has 0 atom stereocenters. The summed E-state index contributed by atoms with van der Waals surface area (Å²) in [4.78, 5) is 0.290. The highest BCUT2D eigenvalue weighted by Gasteiger charge is 2.14. The van der Waals surface area contributed by atoms with Gasteiger partial charge in [-0.3, -0.25) is 4.68 Å². The van der Waals surface area contributed by atoms with Gasteiger partial charge in [-0.2, -0.15) is 5.10 Å². The lowest BCUT2D eigenvalue weighted by Crippen LogP contribution is -1.97. The van der Waals surface area contributed by atoms with Crippen molar-refractivity contribution in [3.8, 4) is 28.1 Å². The smallest absolute Gasteiger partial charge is 0.175 e. The molecule has 0 bridgehead atoms. The Kier molecular flexibility index (Phi) is 4.95. The van der Waals surface area contributed by atoms with E-state index in [1.54, 1.807) is 37.5 Å². The van der Waals surface area contributed by atoms with Gasteiger partial charge < -0.3 is 4.74 Å². The third kappa shape index (κ3) is 3.70. The van der Waals surface area contributed by atoms with Gasteiger partial charge in [0, 0.05) is 23.6 Å². The number of hydrogen-bond donors (Lipinski definition) is 0. The largest absolute Gasteiger partial charge is 0.497 e. The number of rotatable bonds is 6. The zero-order chi connectivity index (χ0) is 18.7. The summed E-state index contributed by atoms with van der Waals surface area (Å²) in [6, 6.07) is 14.5. The molecule has 0 spiro atoms. The predicted molar refractivity (Wildman–Crippen MR) is 103 cm³/mol. The minimum atomic E-state index is -3.23. The van der Waals surface area contributed by atoms with Crippen LogP contribution in [-0.2, 0) is 16.4 Å². The van der Waals surface area contributed by atoms with E-state index in [0.29, 0.717) is 6.54 Å². The lowest BCUT2D eigenvalue weighted by Gasteiger charge is -2.05. The number of allylic oxidation sites excluding steroid dienone is 1. The number of nitrogens with zero attached hydrogens (tertiary/aromatic N) is 2. The summed E-state index contributed by atoms with van der Waals surface area (Å²) in [5.41, 5.74) is 3.60. The normalized spacial score (nSPS) is 11.3. The van der Waals surface area contributed by atoms with Crippen molar-refractivity contribution in [1.82, 2.24) is 9.78 Å². The molecule has 0 fully saturated rings. The van der Waals surface area contributed by atoms with E-state index >= 15 is 0 Å². The standard InChI is InChI=1S/C20H20N2O3S/c1-4-13-22-14-19(15-5-9-17(25-2)10-6-15)20(21-22)16-7-11-18(12-8-16)26(3,23)24/h4-12,14H,1,13H2,2-3H3. The second kappa shape index (κ2) is 7.17. The minimum absolute atomic E-state index is 0.290. The van der Waals surface area contributed by atoms with Gasteiger partial charge in [0.15, 0.2) is 9.84 Å². The van der Waals surface area contributed by atoms with Gasteiger partial charge in [-0.25, -0.2) is 8.42 Å². The van der Waals surface area contributed by atoms with Crippen LogP contribution in [-0.4, -0.2) is 31.6 Å². The molecule has 6 heteroatoms. The van der Waals surface area contributed by atoms with Crippen molar-refractivity contribution in [1.29, 1.82) is 0 Å². The molecule has 134 valence electrons. The van der Waals surface area contributed by atoms with Crippen molar-refractivity contribution >= 4 is 9.84 Å². The number of aromatic nitrogens is 2. The van der Waals surface area contributed by atoms with Gasteiger partial charge in [0.1, 0.15) is 11.4 Å². The first kappa shape index (κ1) is 17.9. The van der Waals surface area contributed by atoms with Gasteiger partial charge in [-0.15, -0.1) is 6.58 Å². The van der Waals surface area contributed by atoms with Gasteiger partial charge in [-0.05, 0) is 29.8 Å². The van der Waals surface area contributed by atoms with Gasteiger partial charge in [-0.1, -0.05) is 30.3 Å². The molecule has 3 aromatic rings. The molecule has 0 aliphatic carbocycles. The lowest BCUT2D eigenvalue weighted by atomic mass is 10.0. The molecule has 26 heavy (non-hydrogen) atoms. The van der Waals surface area contributed by atoms with E-state index < -0.39 is 9.84 Å². The van der Waals surface area contributed by atoms with Crippen LogP contribution >= 0.6 is 0 Å². The Morgan fingerprint density at radius 3 is 2.23 bits per heavy atom. The molecule has 1 aromatic heterocycles. The second-order valence-corrected chi connectivity index (χ2v) is 7.94. The minimum Gasteiger partial charge on any atom is -0.497 e. The van der Waals surface area contributed by atoms with E-state index in [2.05, 4.69) is 11.7 Å². The highest BCUT2D eigenvalue weighted by Crippen LogP contribution is 2.32. The molecular weight excluding hydrogens is 348 g/mol. The van der Waals surface area contributed by atoms with Crippen LogP contribution in [0.2, 0.25) is 0 Å². The first-order valence-electron chi connectivity index (χ1n) is 8.05. The van der Waals surface area contributed by atoms with Gasteiger partial charge in [0.05, 0.1) is 18.6 Å². The molecule has 0 saturated carbocycles. The second-order valence-electron chi connectivity index (χ2n) is 5.93. The molecule has 0 aliphatic rings. The van der Waals surface area contributed by atoms with Gasteiger partial charge in [0.2, 0.25) is 0 Å². The third-order valence-electron chi connectivity index (χ3n) is 4.03. The highest BCUT2D eigenvalue weighted by molar-refractivity contribution is 7.90. The first-order chi connectivity index (χ1) is 12.4. The molecule has 0 unspecified atom stereocenters. The third-order valence-corrected chi connectivity index (χ3v) is 5.16. The lowest BCUT2D eigenvalue weighted by molar-refractivity contribution is 0.415. The van der Waals surface area contributed by atoms with Gasteiger partial charge >= 0.3 is 0 Å². The summed E-state index contributed by atoms with van der Waals surface area (Å²) < 4.78 is 30.4. The van der Waals surface area contributed by atoms with Crippen molar-refractivity contribution < 1.29 is 13.2 Å². The molecule has 3 rings (SSSR count). The summed E-state index contributed by atoms with van der Waals surface area (Å²) in [6.07, 6.45) is 4.94. The van der Waals surface area contributed by atoms with Crippen LogP contribution in [0, 0.1) is 0 Å². The van der Waals surface area contributed by atoms with E-state index in [1.807, 2.05) is 35.1 Å². The maximum Gasteiger partial charge on any atom is 0.175 e. The molecule has 2 aromatic carbocycles. The molecule has 1 heterocycles. The monoisotopic (exact) mass is 368 g/mol. The van der Waals surface area contributed by atoms with E-state index in [4.69, 9.17) is 4.74 Å². The van der Waals surface area contributed by atoms with Crippen molar-refractivity contribution in [2.75, 3.05) is 13.4 Å². The number of benzene rings is 2. The number of methoxy groups -OCH3 is 1. The summed E-state index contributed by atoms with van der Waals surface area (Å²) in [5.74, 6) is 0.784. The van der Waals surface area contributed by atoms with Crippen LogP contribution < -0.4 is 4.74 Å². The van der Waals surface area contributed by atoms with E-state index in [1.165, 1.54) is 6.26 Å². The Balaban J connectivity index is 2.09. The molecule has 0 aliphatic heterocycles. The number of ether oxygens (including phenoxy) is 1. The van der Waals surface area contributed by atoms with Crippen LogP contribution in [0.5, 0.6) is 5.75 Å². The zero-order valence-electron chi connectivity index (χ0n) is 14.7. The fourth-order valence-corrected chi connectivity index (χ4v) is 3.33. The van der Waals surface area contributed by atoms with E-state index in [-0.39, 0.29) is 4.90 Å². The maximum absolute atomic E-state index is 11.7. The van der Waals surface area contributed by atoms with Crippen LogP contribution in [0.1, 0.15) is 0 Å². The van der Waals surface area contributed by atoms with Crippen molar-refractivity contribution in [2.45, 2.75) is 11.4 Å². The summed E-state index contributed by atoms with van der Waals surface area (Å²) in [5, 5.41) is 4.65. The molecule has 0 amide bonds. The molecule has 5 nitrogen and oxygen atoms in total. The average Bonchev–Trinajstić information content (AvgIpc) is 3.05. The Morgan fingerprint density at radius 2 is 1.69 bits per heavy atom. The SMILES string of the molecule is C=CCn1cc(-c2ccc(OC)cc2)c(-c2ccc(S(C)(=O)=O)cc2)n1. The van der Waals surface area contributed by atoms with Crippen molar-refractivity contribution in [3.63, 3.8) is 0 Å². The molecule has 0 N–H and O–H groups in total. The highest BCUT2D eigenvalue weighted by atomic mass is 32.2. The Hall–Kier alpha value is -2.86. The Morgan fingerprint density at radius 1 is 1.08 bits per heavy atom. The Bertz CT molecular complexity index is 1020. The zero-order valence-corrected chi connectivity index (χ0v) is 15.5. The Labute approximate surface area is 153 Å². The number of sulfone groups is 1. The fraction of sp³-hybridized carbons (Fsp3) is 0.150. The topological polar surface area (TPSA) is 61.2 Å². The van der Waals surface area contributed by atoms with Crippen LogP contribution in [0.15, 0.2) is 72.3 Å². The van der Waals surface area contributed by atoms with Crippen LogP contribution in [0.25, 0.3) is 22.4 Å². The fourth-order valence-electron chi connectivity index (χ4n) is 2.70. The molecular formula is C20H20N2O3S. The molecule has 0 saturated heterocycles. The van der Waals surface area contributed by atoms with E-state index in [0.717, 1.165) is 28.1 Å².